The summed E-state index contributed by atoms with van der Waals surface area (Å²) < 4.78 is 0. The highest BCUT2D eigenvalue weighted by atomic mass is 16.4. The molecule has 0 saturated carbocycles. The molecule has 104 valence electrons. The number of aliphatic carboxylic acids is 1. The van der Waals surface area contributed by atoms with E-state index in [0.29, 0.717) is 32.6 Å². The molecule has 0 aliphatic carbocycles. The minimum atomic E-state index is -0.794. The van der Waals surface area contributed by atoms with Gasteiger partial charge in [-0.05, 0) is 13.3 Å². The maximum Gasteiger partial charge on any atom is 0.320 e. The monoisotopic (exact) mass is 256 g/mol. The molecule has 1 amide bonds. The number of piperazine rings is 1. The average molecular weight is 256 g/mol. The highest BCUT2D eigenvalue weighted by Gasteiger charge is 2.26. The van der Waals surface area contributed by atoms with Crippen molar-refractivity contribution in [3.63, 3.8) is 0 Å². The summed E-state index contributed by atoms with van der Waals surface area (Å²) in [6.07, 6.45) is 3.81. The number of hydrogen-bond acceptors (Lipinski definition) is 3. The molecule has 1 heterocycles. The molecule has 1 atom stereocenters. The van der Waals surface area contributed by atoms with E-state index in [4.69, 9.17) is 5.11 Å². The van der Waals surface area contributed by atoms with Crippen LogP contribution in [-0.2, 0) is 9.59 Å². The molecule has 1 fully saturated rings. The predicted octanol–water partition coefficient (Wildman–Crippen LogP) is 1.18. The minimum absolute atomic E-state index is 0.214. The first kappa shape index (κ1) is 15.0. The molecule has 5 heteroatoms. The molecular weight excluding hydrogens is 232 g/mol. The molecule has 1 N–H and O–H groups in total. The van der Waals surface area contributed by atoms with Crippen molar-refractivity contribution >= 4 is 11.9 Å². The van der Waals surface area contributed by atoms with Crippen LogP contribution in [0.3, 0.4) is 0 Å². The number of carboxylic acids is 1. The lowest BCUT2D eigenvalue weighted by atomic mass is 10.1. The van der Waals surface area contributed by atoms with Gasteiger partial charge in [-0.25, -0.2) is 0 Å². The summed E-state index contributed by atoms with van der Waals surface area (Å²) in [5.74, 6) is -0.580. The van der Waals surface area contributed by atoms with Crippen LogP contribution in [0, 0.1) is 0 Å². The fourth-order valence-corrected chi connectivity index (χ4v) is 2.20. The van der Waals surface area contributed by atoms with Gasteiger partial charge in [0.1, 0.15) is 6.04 Å². The first-order chi connectivity index (χ1) is 8.56. The molecule has 0 aromatic carbocycles. The van der Waals surface area contributed by atoms with Crippen molar-refractivity contribution in [3.05, 3.63) is 0 Å². The average Bonchev–Trinajstić information content (AvgIpc) is 2.38. The zero-order valence-corrected chi connectivity index (χ0v) is 11.4. The lowest BCUT2D eigenvalue weighted by Gasteiger charge is -2.36. The van der Waals surface area contributed by atoms with E-state index in [1.165, 1.54) is 0 Å². The summed E-state index contributed by atoms with van der Waals surface area (Å²) in [5.41, 5.74) is 0. The van der Waals surface area contributed by atoms with E-state index in [0.717, 1.165) is 19.3 Å². The fraction of sp³-hybridized carbons (Fsp3) is 0.846. The largest absolute Gasteiger partial charge is 0.480 e. The predicted molar refractivity (Wildman–Crippen MR) is 69.4 cm³/mol. The Labute approximate surface area is 109 Å². The molecule has 1 aliphatic heterocycles. The summed E-state index contributed by atoms with van der Waals surface area (Å²) in [7, 11) is 0. The quantitative estimate of drug-likeness (QED) is 0.725. The molecule has 0 bridgehead atoms. The number of rotatable bonds is 6. The molecule has 18 heavy (non-hydrogen) atoms. The van der Waals surface area contributed by atoms with Crippen LogP contribution in [0.4, 0.5) is 0 Å². The summed E-state index contributed by atoms with van der Waals surface area (Å²) in [5, 5.41) is 8.93. The van der Waals surface area contributed by atoms with Gasteiger partial charge in [0.2, 0.25) is 5.91 Å². The topological polar surface area (TPSA) is 60.9 Å². The molecule has 0 radical (unpaired) electrons. The van der Waals surface area contributed by atoms with Crippen LogP contribution in [0.15, 0.2) is 0 Å². The van der Waals surface area contributed by atoms with E-state index in [-0.39, 0.29) is 5.91 Å². The first-order valence-electron chi connectivity index (χ1n) is 6.81. The van der Waals surface area contributed by atoms with Crippen LogP contribution in [0.25, 0.3) is 0 Å². The number of hydrogen-bond donors (Lipinski definition) is 1. The van der Waals surface area contributed by atoms with E-state index in [2.05, 4.69) is 6.92 Å². The number of carboxylic acid groups (broad SMARTS) is 1. The van der Waals surface area contributed by atoms with E-state index in [9.17, 15) is 9.59 Å². The van der Waals surface area contributed by atoms with Crippen molar-refractivity contribution in [1.82, 2.24) is 9.80 Å². The van der Waals surface area contributed by atoms with E-state index < -0.39 is 12.0 Å². The molecule has 0 aromatic heterocycles. The Bertz CT molecular complexity index is 286. The molecule has 5 nitrogen and oxygen atoms in total. The Balaban J connectivity index is 2.30. The molecule has 1 rings (SSSR count). The van der Waals surface area contributed by atoms with Crippen molar-refractivity contribution in [1.29, 1.82) is 0 Å². The maximum atomic E-state index is 11.9. The number of carbonyl (C=O) groups excluding carboxylic acids is 1. The number of unbranched alkanes of at least 4 members (excludes halogenated alkanes) is 2. The van der Waals surface area contributed by atoms with Gasteiger partial charge in [0.05, 0.1) is 0 Å². The van der Waals surface area contributed by atoms with Gasteiger partial charge in [-0.1, -0.05) is 19.8 Å². The molecule has 1 saturated heterocycles. The molecule has 0 spiro atoms. The van der Waals surface area contributed by atoms with Gasteiger partial charge in [-0.2, -0.15) is 0 Å². The van der Waals surface area contributed by atoms with Crippen molar-refractivity contribution < 1.29 is 14.7 Å². The molecule has 0 aromatic rings. The fourth-order valence-electron chi connectivity index (χ4n) is 2.20. The van der Waals surface area contributed by atoms with Gasteiger partial charge in [0, 0.05) is 32.6 Å². The van der Waals surface area contributed by atoms with Gasteiger partial charge >= 0.3 is 5.97 Å². The Hall–Kier alpha value is -1.10. The van der Waals surface area contributed by atoms with E-state index in [1.54, 1.807) is 6.92 Å². The van der Waals surface area contributed by atoms with Crippen molar-refractivity contribution in [2.75, 3.05) is 26.2 Å². The number of carbonyl (C=O) groups is 2. The molecule has 1 aliphatic rings. The molecule has 1 unspecified atom stereocenters. The Kier molecular flexibility index (Phi) is 6.12. The van der Waals surface area contributed by atoms with Crippen LogP contribution in [0.2, 0.25) is 0 Å². The second-order valence-electron chi connectivity index (χ2n) is 4.89. The third-order valence-corrected chi connectivity index (χ3v) is 3.57. The second-order valence-corrected chi connectivity index (χ2v) is 4.89. The van der Waals surface area contributed by atoms with E-state index >= 15 is 0 Å². The zero-order chi connectivity index (χ0) is 13.5. The van der Waals surface area contributed by atoms with Crippen LogP contribution in [0.1, 0.15) is 39.5 Å². The third kappa shape index (κ3) is 4.29. The SMILES string of the molecule is CCCCCC(=O)N1CCN(C(C)C(=O)O)CC1. The second kappa shape index (κ2) is 7.36. The van der Waals surface area contributed by atoms with E-state index in [1.807, 2.05) is 9.80 Å². The maximum absolute atomic E-state index is 11.9. The zero-order valence-electron chi connectivity index (χ0n) is 11.4. The van der Waals surface area contributed by atoms with Crippen molar-refractivity contribution in [3.8, 4) is 0 Å². The van der Waals surface area contributed by atoms with Gasteiger partial charge in [-0.15, -0.1) is 0 Å². The highest BCUT2D eigenvalue weighted by molar-refractivity contribution is 5.76. The van der Waals surface area contributed by atoms with Crippen LogP contribution >= 0.6 is 0 Å². The number of amides is 1. The summed E-state index contributed by atoms with van der Waals surface area (Å²) in [4.78, 5) is 26.5. The van der Waals surface area contributed by atoms with Crippen LogP contribution in [-0.4, -0.2) is 59.0 Å². The van der Waals surface area contributed by atoms with Gasteiger partial charge in [-0.3, -0.25) is 14.5 Å². The summed E-state index contributed by atoms with van der Waals surface area (Å²) in [6.45, 7) is 6.45. The lowest BCUT2D eigenvalue weighted by molar-refractivity contribution is -0.144. The van der Waals surface area contributed by atoms with Crippen molar-refractivity contribution in [2.45, 2.75) is 45.6 Å². The highest BCUT2D eigenvalue weighted by Crippen LogP contribution is 2.09. The smallest absolute Gasteiger partial charge is 0.320 e. The normalized spacial score (nSPS) is 18.7. The lowest BCUT2D eigenvalue weighted by Crippen LogP contribution is -2.53. The Morgan fingerprint density at radius 2 is 1.78 bits per heavy atom. The first-order valence-corrected chi connectivity index (χ1v) is 6.81. The molecular formula is C13H24N2O3. The van der Waals surface area contributed by atoms with Gasteiger partial charge in [0.25, 0.3) is 0 Å². The van der Waals surface area contributed by atoms with Crippen molar-refractivity contribution in [2.24, 2.45) is 0 Å². The van der Waals surface area contributed by atoms with Gasteiger partial charge < -0.3 is 10.0 Å². The summed E-state index contributed by atoms with van der Waals surface area (Å²) >= 11 is 0. The number of nitrogens with zero attached hydrogens (tertiary/aromatic N) is 2. The van der Waals surface area contributed by atoms with Gasteiger partial charge in [0.15, 0.2) is 0 Å². The minimum Gasteiger partial charge on any atom is -0.480 e. The van der Waals surface area contributed by atoms with Crippen LogP contribution < -0.4 is 0 Å². The Morgan fingerprint density at radius 3 is 2.28 bits per heavy atom. The third-order valence-electron chi connectivity index (χ3n) is 3.57. The standard InChI is InChI=1S/C13H24N2O3/c1-3-4-5-6-12(16)15-9-7-14(8-10-15)11(2)13(17)18/h11H,3-10H2,1-2H3,(H,17,18). The van der Waals surface area contributed by atoms with Crippen LogP contribution in [0.5, 0.6) is 0 Å². The summed E-state index contributed by atoms with van der Waals surface area (Å²) in [6, 6.07) is -0.456. The Morgan fingerprint density at radius 1 is 1.17 bits per heavy atom.